The van der Waals surface area contributed by atoms with E-state index in [-0.39, 0.29) is 6.03 Å². The number of urea groups is 1. The zero-order chi connectivity index (χ0) is 9.14. The van der Waals surface area contributed by atoms with Crippen LogP contribution in [0.2, 0.25) is 0 Å². The van der Waals surface area contributed by atoms with E-state index < -0.39 is 0 Å². The molecule has 12 heavy (non-hydrogen) atoms. The molecular weight excluding hydrogens is 152 g/mol. The third kappa shape index (κ3) is 2.13. The van der Waals surface area contributed by atoms with Crippen molar-refractivity contribution in [3.8, 4) is 0 Å². The van der Waals surface area contributed by atoms with Crippen LogP contribution in [-0.2, 0) is 0 Å². The molecule has 1 aliphatic carbocycles. The monoisotopic (exact) mass is 170 g/mol. The molecule has 0 heterocycles. The summed E-state index contributed by atoms with van der Waals surface area (Å²) in [6.07, 6.45) is 2.57. The summed E-state index contributed by atoms with van der Waals surface area (Å²) < 4.78 is 0. The van der Waals surface area contributed by atoms with Crippen molar-refractivity contribution < 1.29 is 4.79 Å². The molecule has 0 aliphatic heterocycles. The second-order valence-corrected chi connectivity index (χ2v) is 3.52. The lowest BCUT2D eigenvalue weighted by Crippen LogP contribution is -2.43. The van der Waals surface area contributed by atoms with Gasteiger partial charge in [0.2, 0.25) is 0 Å². The number of hydrogen-bond donors (Lipinski definition) is 1. The maximum absolute atomic E-state index is 11.3. The molecule has 0 saturated heterocycles. The summed E-state index contributed by atoms with van der Waals surface area (Å²) >= 11 is 0. The van der Waals surface area contributed by atoms with E-state index in [0.717, 1.165) is 5.92 Å². The normalized spacial score (nSPS) is 18.6. The largest absolute Gasteiger partial charge is 0.338 e. The summed E-state index contributed by atoms with van der Waals surface area (Å²) in [6.45, 7) is 4.76. The van der Waals surface area contributed by atoms with Crippen molar-refractivity contribution in [3.05, 3.63) is 0 Å². The van der Waals surface area contributed by atoms with Gasteiger partial charge in [0.05, 0.1) is 0 Å². The Labute approximate surface area is 74.1 Å². The highest BCUT2D eigenvalue weighted by atomic mass is 16.2. The zero-order valence-corrected chi connectivity index (χ0v) is 8.13. The van der Waals surface area contributed by atoms with Gasteiger partial charge in [-0.25, -0.2) is 4.79 Å². The molecule has 0 radical (unpaired) electrons. The summed E-state index contributed by atoms with van der Waals surface area (Å²) in [5.74, 6) is 0.748. The average molecular weight is 170 g/mol. The molecule has 1 unspecified atom stereocenters. The van der Waals surface area contributed by atoms with Crippen LogP contribution >= 0.6 is 0 Å². The van der Waals surface area contributed by atoms with E-state index in [9.17, 15) is 4.79 Å². The van der Waals surface area contributed by atoms with Crippen molar-refractivity contribution in [2.75, 3.05) is 13.6 Å². The molecule has 1 N–H and O–H groups in total. The number of amides is 2. The first kappa shape index (κ1) is 9.36. The lowest BCUT2D eigenvalue weighted by Gasteiger charge is -2.24. The van der Waals surface area contributed by atoms with E-state index >= 15 is 0 Å². The minimum atomic E-state index is 0.0527. The Bertz CT molecular complexity index is 166. The summed E-state index contributed by atoms with van der Waals surface area (Å²) in [5.41, 5.74) is 0. The molecule has 2 amide bonds. The molecule has 1 atom stereocenters. The van der Waals surface area contributed by atoms with Crippen LogP contribution in [0.25, 0.3) is 0 Å². The lowest BCUT2D eigenvalue weighted by atomic mass is 10.2. The van der Waals surface area contributed by atoms with E-state index in [1.807, 2.05) is 14.0 Å². The fraction of sp³-hybridized carbons (Fsp3) is 0.889. The molecule has 0 spiro atoms. The van der Waals surface area contributed by atoms with E-state index in [0.29, 0.717) is 12.6 Å². The van der Waals surface area contributed by atoms with Gasteiger partial charge in [-0.2, -0.15) is 0 Å². The van der Waals surface area contributed by atoms with Gasteiger partial charge in [0.25, 0.3) is 0 Å². The highest BCUT2D eigenvalue weighted by molar-refractivity contribution is 5.74. The van der Waals surface area contributed by atoms with Crippen molar-refractivity contribution in [2.24, 2.45) is 5.92 Å². The fourth-order valence-corrected chi connectivity index (χ4v) is 1.36. The van der Waals surface area contributed by atoms with Crippen LogP contribution in [0.1, 0.15) is 26.7 Å². The Morgan fingerprint density at radius 1 is 1.67 bits per heavy atom. The first-order valence-electron chi connectivity index (χ1n) is 4.67. The lowest BCUT2D eigenvalue weighted by molar-refractivity contribution is 0.188. The predicted octanol–water partition coefficient (Wildman–Crippen LogP) is 1.45. The Balaban J connectivity index is 2.33. The predicted molar refractivity (Wildman–Crippen MR) is 49.0 cm³/mol. The Kier molecular flexibility index (Phi) is 2.95. The molecule has 0 bridgehead atoms. The minimum Gasteiger partial charge on any atom is -0.338 e. The molecule has 1 fully saturated rings. The third-order valence-electron chi connectivity index (χ3n) is 2.56. The summed E-state index contributed by atoms with van der Waals surface area (Å²) in [6, 6.07) is 0.452. The SMILES string of the molecule is CCNC(=O)N(C)C(C)C1CC1. The molecule has 0 aromatic carbocycles. The highest BCUT2D eigenvalue weighted by Gasteiger charge is 2.32. The van der Waals surface area contributed by atoms with Crippen LogP contribution in [0.5, 0.6) is 0 Å². The maximum Gasteiger partial charge on any atom is 0.317 e. The molecule has 1 aliphatic rings. The van der Waals surface area contributed by atoms with E-state index in [2.05, 4.69) is 12.2 Å². The van der Waals surface area contributed by atoms with Gasteiger partial charge in [-0.1, -0.05) is 0 Å². The molecule has 1 saturated carbocycles. The fourth-order valence-electron chi connectivity index (χ4n) is 1.36. The van der Waals surface area contributed by atoms with Gasteiger partial charge < -0.3 is 10.2 Å². The van der Waals surface area contributed by atoms with Crippen LogP contribution < -0.4 is 5.32 Å². The van der Waals surface area contributed by atoms with E-state index in [1.165, 1.54) is 12.8 Å². The number of rotatable bonds is 3. The van der Waals surface area contributed by atoms with Crippen molar-refractivity contribution in [1.82, 2.24) is 10.2 Å². The average Bonchev–Trinajstić information content (AvgIpc) is 2.84. The van der Waals surface area contributed by atoms with Crippen LogP contribution in [0, 0.1) is 5.92 Å². The Morgan fingerprint density at radius 2 is 2.25 bits per heavy atom. The van der Waals surface area contributed by atoms with Crippen molar-refractivity contribution >= 4 is 6.03 Å². The van der Waals surface area contributed by atoms with Gasteiger partial charge in [-0.05, 0) is 32.6 Å². The van der Waals surface area contributed by atoms with Crippen LogP contribution in [0.15, 0.2) is 0 Å². The number of hydrogen-bond acceptors (Lipinski definition) is 1. The standard InChI is InChI=1S/C9H18N2O/c1-4-10-9(12)11(3)7(2)8-5-6-8/h7-8H,4-6H2,1-3H3,(H,10,12). The number of nitrogens with one attached hydrogen (secondary N) is 1. The van der Waals surface area contributed by atoms with Crippen molar-refractivity contribution in [1.29, 1.82) is 0 Å². The first-order chi connectivity index (χ1) is 5.66. The van der Waals surface area contributed by atoms with Crippen molar-refractivity contribution in [2.45, 2.75) is 32.7 Å². The summed E-state index contributed by atoms with van der Waals surface area (Å²) in [4.78, 5) is 13.1. The number of nitrogens with zero attached hydrogens (tertiary/aromatic N) is 1. The quantitative estimate of drug-likeness (QED) is 0.683. The van der Waals surface area contributed by atoms with Crippen molar-refractivity contribution in [3.63, 3.8) is 0 Å². The second-order valence-electron chi connectivity index (χ2n) is 3.52. The molecule has 0 aromatic rings. The van der Waals surface area contributed by atoms with Crippen LogP contribution in [0.3, 0.4) is 0 Å². The molecule has 3 nitrogen and oxygen atoms in total. The Morgan fingerprint density at radius 3 is 2.67 bits per heavy atom. The number of carbonyl (C=O) groups excluding carboxylic acids is 1. The van der Waals surface area contributed by atoms with Gasteiger partial charge in [0.1, 0.15) is 0 Å². The molecule has 0 aromatic heterocycles. The molecular formula is C9H18N2O. The Hall–Kier alpha value is -0.730. The highest BCUT2D eigenvalue weighted by Crippen LogP contribution is 2.34. The maximum atomic E-state index is 11.3. The third-order valence-corrected chi connectivity index (χ3v) is 2.56. The smallest absolute Gasteiger partial charge is 0.317 e. The topological polar surface area (TPSA) is 32.3 Å². The molecule has 1 rings (SSSR count). The van der Waals surface area contributed by atoms with Gasteiger partial charge >= 0.3 is 6.03 Å². The summed E-state index contributed by atoms with van der Waals surface area (Å²) in [7, 11) is 1.87. The van der Waals surface area contributed by atoms with E-state index in [1.54, 1.807) is 4.90 Å². The number of carbonyl (C=O) groups is 1. The molecule has 70 valence electrons. The second kappa shape index (κ2) is 3.78. The molecule has 3 heteroatoms. The minimum absolute atomic E-state index is 0.0527. The van der Waals surface area contributed by atoms with Crippen LogP contribution in [0.4, 0.5) is 4.79 Å². The van der Waals surface area contributed by atoms with E-state index in [4.69, 9.17) is 0 Å². The van der Waals surface area contributed by atoms with Crippen LogP contribution in [-0.4, -0.2) is 30.6 Å². The zero-order valence-electron chi connectivity index (χ0n) is 8.13. The van der Waals surface area contributed by atoms with Gasteiger partial charge in [-0.15, -0.1) is 0 Å². The summed E-state index contributed by atoms with van der Waals surface area (Å²) in [5, 5.41) is 2.80. The first-order valence-corrected chi connectivity index (χ1v) is 4.67. The van der Waals surface area contributed by atoms with Gasteiger partial charge in [-0.3, -0.25) is 0 Å². The van der Waals surface area contributed by atoms with Gasteiger partial charge in [0, 0.05) is 19.6 Å². The van der Waals surface area contributed by atoms with Gasteiger partial charge in [0.15, 0.2) is 0 Å².